The molecule has 1 atom stereocenters. The molecule has 4 aliphatic carbocycles. The van der Waals surface area contributed by atoms with Crippen molar-refractivity contribution in [3.8, 4) is 6.07 Å². The minimum absolute atomic E-state index is 0.0646. The van der Waals surface area contributed by atoms with Gasteiger partial charge in [-0.3, -0.25) is 4.79 Å². The first-order valence-electron chi connectivity index (χ1n) is 7.96. The van der Waals surface area contributed by atoms with E-state index >= 15 is 0 Å². The highest BCUT2D eigenvalue weighted by Gasteiger charge is 2.55. The van der Waals surface area contributed by atoms with Crippen LogP contribution in [0.3, 0.4) is 0 Å². The van der Waals surface area contributed by atoms with Crippen LogP contribution in [0, 0.1) is 40.9 Å². The number of rotatable bonds is 4. The molecule has 0 spiro atoms. The summed E-state index contributed by atoms with van der Waals surface area (Å²) in [6.45, 7) is 2.32. The topological polar surface area (TPSA) is 78.9 Å². The van der Waals surface area contributed by atoms with Crippen molar-refractivity contribution in [1.29, 1.82) is 5.26 Å². The minimum atomic E-state index is -0.780. The average Bonchev–Trinajstić information content (AvgIpc) is 2.37. The van der Waals surface area contributed by atoms with Gasteiger partial charge in [0.1, 0.15) is 0 Å². The fourth-order valence-electron chi connectivity index (χ4n) is 5.48. The Bertz CT molecular complexity index is 409. The summed E-state index contributed by atoms with van der Waals surface area (Å²) in [4.78, 5) is 12.4. The maximum absolute atomic E-state index is 12.4. The molecule has 0 saturated heterocycles. The molecule has 4 aliphatic rings. The Morgan fingerprint density at radius 1 is 1.25 bits per heavy atom. The Labute approximate surface area is 121 Å². The van der Waals surface area contributed by atoms with Crippen LogP contribution in [0.4, 0.5) is 0 Å². The first-order chi connectivity index (χ1) is 9.52. The van der Waals surface area contributed by atoms with Gasteiger partial charge in [0.2, 0.25) is 5.91 Å². The van der Waals surface area contributed by atoms with E-state index in [1.54, 1.807) is 0 Å². The monoisotopic (exact) mass is 275 g/mol. The number of nitrogens with one attached hydrogen (secondary N) is 1. The van der Waals surface area contributed by atoms with Gasteiger partial charge in [0.25, 0.3) is 0 Å². The molecule has 20 heavy (non-hydrogen) atoms. The number of nitrogens with two attached hydrogens (primary N) is 1. The van der Waals surface area contributed by atoms with Crippen LogP contribution in [0.1, 0.15) is 45.4 Å². The van der Waals surface area contributed by atoms with E-state index in [1.807, 2.05) is 6.92 Å². The zero-order valence-electron chi connectivity index (χ0n) is 12.3. The summed E-state index contributed by atoms with van der Waals surface area (Å²) in [7, 11) is 0. The molecule has 0 aromatic carbocycles. The van der Waals surface area contributed by atoms with Crippen LogP contribution < -0.4 is 11.1 Å². The molecule has 4 bridgehead atoms. The van der Waals surface area contributed by atoms with E-state index < -0.39 is 5.54 Å². The smallest absolute Gasteiger partial charge is 0.240 e. The van der Waals surface area contributed by atoms with Gasteiger partial charge < -0.3 is 11.1 Å². The molecule has 110 valence electrons. The molecule has 0 aliphatic heterocycles. The summed E-state index contributed by atoms with van der Waals surface area (Å²) in [5, 5.41) is 11.4. The molecule has 1 amide bonds. The van der Waals surface area contributed by atoms with Crippen molar-refractivity contribution in [1.82, 2.24) is 5.32 Å². The highest BCUT2D eigenvalue weighted by molar-refractivity contribution is 5.86. The Hall–Kier alpha value is -1.08. The van der Waals surface area contributed by atoms with Crippen LogP contribution in [-0.4, -0.2) is 18.0 Å². The van der Waals surface area contributed by atoms with E-state index in [4.69, 9.17) is 11.0 Å². The molecular weight excluding hydrogens is 250 g/mol. The highest BCUT2D eigenvalue weighted by Crippen LogP contribution is 2.58. The predicted octanol–water partition coefficient (Wildman–Crippen LogP) is 1.81. The standard InChI is InChI=1S/C16H25N3O/c1-16(18,15(20)19-4-2-3-17)14-12-6-10-5-11(8-12)9-13(14)7-10/h10-14H,2,4-9,18H2,1H3,(H,19,20). The first-order valence-corrected chi connectivity index (χ1v) is 7.96. The number of hydrogen-bond donors (Lipinski definition) is 2. The second-order valence-electron chi connectivity index (χ2n) is 7.40. The molecule has 4 fully saturated rings. The highest BCUT2D eigenvalue weighted by atomic mass is 16.2. The van der Waals surface area contributed by atoms with Crippen LogP contribution in [0.15, 0.2) is 0 Å². The lowest BCUT2D eigenvalue weighted by Gasteiger charge is -2.58. The lowest BCUT2D eigenvalue weighted by Crippen LogP contribution is -2.64. The number of carbonyl (C=O) groups excluding carboxylic acids is 1. The molecule has 4 heteroatoms. The van der Waals surface area contributed by atoms with Gasteiger partial charge in [-0.25, -0.2) is 0 Å². The van der Waals surface area contributed by atoms with E-state index in [2.05, 4.69) is 11.4 Å². The average molecular weight is 275 g/mol. The second kappa shape index (κ2) is 5.04. The third kappa shape index (κ3) is 2.22. The van der Waals surface area contributed by atoms with Crippen LogP contribution in [0.2, 0.25) is 0 Å². The number of nitriles is 1. The van der Waals surface area contributed by atoms with Gasteiger partial charge in [-0.2, -0.15) is 5.26 Å². The van der Waals surface area contributed by atoms with Crippen LogP contribution >= 0.6 is 0 Å². The molecule has 4 rings (SSSR count). The van der Waals surface area contributed by atoms with Crippen molar-refractivity contribution in [3.05, 3.63) is 0 Å². The van der Waals surface area contributed by atoms with Crippen molar-refractivity contribution in [2.45, 2.75) is 51.0 Å². The summed E-state index contributed by atoms with van der Waals surface area (Å²) in [5.41, 5.74) is 5.69. The van der Waals surface area contributed by atoms with E-state index in [9.17, 15) is 4.79 Å². The zero-order valence-corrected chi connectivity index (χ0v) is 12.3. The van der Waals surface area contributed by atoms with E-state index in [0.29, 0.717) is 30.7 Å². The molecule has 1 unspecified atom stereocenters. The normalized spacial score (nSPS) is 41.0. The molecular formula is C16H25N3O. The minimum Gasteiger partial charge on any atom is -0.353 e. The Balaban J connectivity index is 1.71. The molecule has 0 radical (unpaired) electrons. The summed E-state index contributed by atoms with van der Waals surface area (Å²) in [5.74, 6) is 3.34. The van der Waals surface area contributed by atoms with Gasteiger partial charge in [0, 0.05) is 6.54 Å². The van der Waals surface area contributed by atoms with Crippen LogP contribution in [0.25, 0.3) is 0 Å². The van der Waals surface area contributed by atoms with E-state index in [-0.39, 0.29) is 5.91 Å². The van der Waals surface area contributed by atoms with E-state index in [0.717, 1.165) is 11.8 Å². The predicted molar refractivity (Wildman–Crippen MR) is 76.4 cm³/mol. The third-order valence-corrected chi connectivity index (χ3v) is 5.93. The van der Waals surface area contributed by atoms with Crippen molar-refractivity contribution >= 4 is 5.91 Å². The van der Waals surface area contributed by atoms with Gasteiger partial charge in [-0.05, 0) is 68.6 Å². The Morgan fingerprint density at radius 3 is 2.30 bits per heavy atom. The largest absolute Gasteiger partial charge is 0.353 e. The molecule has 0 aromatic heterocycles. The van der Waals surface area contributed by atoms with Gasteiger partial charge in [-0.1, -0.05) is 0 Å². The van der Waals surface area contributed by atoms with Crippen molar-refractivity contribution < 1.29 is 4.79 Å². The summed E-state index contributed by atoms with van der Waals surface area (Å²) in [6, 6.07) is 2.05. The fourth-order valence-corrected chi connectivity index (χ4v) is 5.48. The number of hydrogen-bond acceptors (Lipinski definition) is 3. The lowest BCUT2D eigenvalue weighted by molar-refractivity contribution is -0.136. The Kier molecular flexibility index (Phi) is 3.50. The van der Waals surface area contributed by atoms with E-state index in [1.165, 1.54) is 32.1 Å². The van der Waals surface area contributed by atoms with Crippen LogP contribution in [0.5, 0.6) is 0 Å². The van der Waals surface area contributed by atoms with Gasteiger partial charge >= 0.3 is 0 Å². The summed E-state index contributed by atoms with van der Waals surface area (Å²) >= 11 is 0. The zero-order chi connectivity index (χ0) is 14.3. The van der Waals surface area contributed by atoms with Gasteiger partial charge in [0.15, 0.2) is 0 Å². The van der Waals surface area contributed by atoms with Crippen molar-refractivity contribution in [3.63, 3.8) is 0 Å². The summed E-state index contributed by atoms with van der Waals surface area (Å²) in [6.07, 6.45) is 6.86. The molecule has 0 heterocycles. The van der Waals surface area contributed by atoms with Gasteiger partial charge in [0.05, 0.1) is 18.0 Å². The quantitative estimate of drug-likeness (QED) is 0.768. The maximum atomic E-state index is 12.4. The molecule has 0 aromatic rings. The van der Waals surface area contributed by atoms with Crippen molar-refractivity contribution in [2.24, 2.45) is 35.3 Å². The maximum Gasteiger partial charge on any atom is 0.240 e. The fraction of sp³-hybridized carbons (Fsp3) is 0.875. The third-order valence-electron chi connectivity index (χ3n) is 5.93. The molecule has 3 N–H and O–H groups in total. The SMILES string of the molecule is CC(N)(C(=O)NCCC#N)C1C2CC3CC(C2)CC1C3. The van der Waals surface area contributed by atoms with Gasteiger partial charge in [-0.15, -0.1) is 0 Å². The number of carbonyl (C=O) groups is 1. The molecule has 4 saturated carbocycles. The molecule has 4 nitrogen and oxygen atoms in total. The van der Waals surface area contributed by atoms with Crippen LogP contribution in [-0.2, 0) is 4.79 Å². The number of amides is 1. The second-order valence-corrected chi connectivity index (χ2v) is 7.40. The Morgan fingerprint density at radius 2 is 1.80 bits per heavy atom. The number of nitrogens with zero attached hydrogens (tertiary/aromatic N) is 1. The lowest BCUT2D eigenvalue weighted by atomic mass is 9.48. The van der Waals surface area contributed by atoms with Crippen molar-refractivity contribution in [2.75, 3.05) is 6.54 Å². The summed E-state index contributed by atoms with van der Waals surface area (Å²) < 4.78 is 0. The first kappa shape index (κ1) is 13.9.